The number of halogens is 2. The van der Waals surface area contributed by atoms with Gasteiger partial charge >= 0.3 is 5.97 Å². The number of carbonyl (C=O) groups is 1. The van der Waals surface area contributed by atoms with Crippen LogP contribution in [0.3, 0.4) is 0 Å². The third kappa shape index (κ3) is 2.72. The molecule has 6 nitrogen and oxygen atoms in total. The smallest absolute Gasteiger partial charge is 0.338 e. The molecule has 0 bridgehead atoms. The van der Waals surface area contributed by atoms with Gasteiger partial charge in [0.1, 0.15) is 11.9 Å². The molecule has 2 aromatic rings. The van der Waals surface area contributed by atoms with E-state index in [1.807, 2.05) is 10.3 Å². The molecule has 0 amide bonds. The normalized spacial score (nSPS) is 22.5. The molecule has 9 heteroatoms. The van der Waals surface area contributed by atoms with Gasteiger partial charge in [0.25, 0.3) is 0 Å². The van der Waals surface area contributed by atoms with Crippen LogP contribution in [0.1, 0.15) is 30.0 Å². The van der Waals surface area contributed by atoms with Crippen molar-refractivity contribution in [1.29, 1.82) is 0 Å². The average Bonchev–Trinajstić information content (AvgIpc) is 3.06. The number of hydrogen-bond acceptors (Lipinski definition) is 7. The average molecular weight is 461 g/mol. The highest BCUT2D eigenvalue weighted by molar-refractivity contribution is 9.10. The van der Waals surface area contributed by atoms with Crippen LogP contribution < -0.4 is 0 Å². The maximum absolute atomic E-state index is 13.7. The van der Waals surface area contributed by atoms with Gasteiger partial charge in [-0.15, -0.1) is 11.3 Å². The largest absolute Gasteiger partial charge is 0.463 e. The summed E-state index contributed by atoms with van der Waals surface area (Å²) < 4.78 is 19.6. The van der Waals surface area contributed by atoms with E-state index >= 15 is 0 Å². The van der Waals surface area contributed by atoms with Crippen LogP contribution in [0, 0.1) is 5.82 Å². The lowest BCUT2D eigenvalue weighted by Crippen LogP contribution is -2.37. The fraction of sp³-hybridized carbons (Fsp3) is 0.263. The van der Waals surface area contributed by atoms with Crippen LogP contribution in [0.15, 0.2) is 55.5 Å². The van der Waals surface area contributed by atoms with E-state index in [0.717, 1.165) is 16.4 Å². The van der Waals surface area contributed by atoms with Crippen LogP contribution in [-0.4, -0.2) is 40.2 Å². The Hall–Kier alpha value is -2.39. The van der Waals surface area contributed by atoms with E-state index in [0.29, 0.717) is 27.9 Å². The molecule has 0 radical (unpaired) electrons. The first-order chi connectivity index (χ1) is 13.6. The molecule has 0 saturated carbocycles. The van der Waals surface area contributed by atoms with Gasteiger partial charge in [-0.2, -0.15) is 0 Å². The van der Waals surface area contributed by atoms with Crippen LogP contribution in [-0.2, 0) is 9.53 Å². The number of fused-ring (bicyclic) bond motifs is 3. The molecule has 3 aliphatic heterocycles. The number of hydrogen-bond donors (Lipinski definition) is 0. The molecule has 0 spiro atoms. The van der Waals surface area contributed by atoms with E-state index in [4.69, 9.17) is 9.73 Å². The number of thiazole rings is 1. The van der Waals surface area contributed by atoms with Gasteiger partial charge in [0.15, 0.2) is 17.0 Å². The fourth-order valence-electron chi connectivity index (χ4n) is 3.62. The Bertz CT molecular complexity index is 1080. The summed E-state index contributed by atoms with van der Waals surface area (Å²) in [4.78, 5) is 28.6. The summed E-state index contributed by atoms with van der Waals surface area (Å²) in [7, 11) is 0. The molecule has 1 saturated heterocycles. The zero-order valence-corrected chi connectivity index (χ0v) is 17.1. The van der Waals surface area contributed by atoms with Gasteiger partial charge in [0, 0.05) is 28.2 Å². The SMILES string of the molecule is CCOC(=O)C1=C2CC3=NC3N2C(c2nccs2)=N[C@H]1c1ccc(F)cc1Br. The van der Waals surface area contributed by atoms with Crippen molar-refractivity contribution in [2.45, 2.75) is 25.6 Å². The topological polar surface area (TPSA) is 67.2 Å². The highest BCUT2D eigenvalue weighted by Crippen LogP contribution is 2.47. The number of ether oxygens (including phenoxy) is 1. The molecule has 4 heterocycles. The van der Waals surface area contributed by atoms with Gasteiger partial charge in [-0.25, -0.2) is 14.2 Å². The van der Waals surface area contributed by atoms with Crippen molar-refractivity contribution < 1.29 is 13.9 Å². The number of allylic oxidation sites excluding steroid dienone is 1. The number of carbonyl (C=O) groups excluding carboxylic acids is 1. The summed E-state index contributed by atoms with van der Waals surface area (Å²) in [5.74, 6) is -0.0907. The van der Waals surface area contributed by atoms with E-state index in [2.05, 4.69) is 25.9 Å². The lowest BCUT2D eigenvalue weighted by atomic mass is 9.94. The zero-order valence-electron chi connectivity index (χ0n) is 14.7. The summed E-state index contributed by atoms with van der Waals surface area (Å²) in [6, 6.07) is 3.78. The summed E-state index contributed by atoms with van der Waals surface area (Å²) in [6.45, 7) is 2.04. The van der Waals surface area contributed by atoms with E-state index in [1.165, 1.54) is 23.5 Å². The van der Waals surface area contributed by atoms with E-state index < -0.39 is 12.0 Å². The number of aliphatic imine (C=N–C) groups is 2. The Balaban J connectivity index is 1.71. The standard InChI is InChI=1S/C19H14BrFN4O2S/c1-2-27-19(26)14-13-8-12-16(23-12)25(13)17(18-22-5-6-28-18)24-15(14)10-4-3-9(21)7-11(10)20/h3-7,15-16H,2,8H2,1H3/t15-,16?/m0/s1. The first-order valence-corrected chi connectivity index (χ1v) is 10.4. The number of benzene rings is 1. The molecule has 0 aliphatic carbocycles. The molecular formula is C19H14BrFN4O2S. The highest BCUT2D eigenvalue weighted by atomic mass is 79.9. The van der Waals surface area contributed by atoms with E-state index in [-0.39, 0.29) is 18.6 Å². The second-order valence-corrected chi connectivity index (χ2v) is 8.23. The van der Waals surface area contributed by atoms with Gasteiger partial charge in [0.05, 0.1) is 17.9 Å². The Labute approximate surface area is 172 Å². The van der Waals surface area contributed by atoms with Crippen molar-refractivity contribution in [3.05, 3.63) is 61.9 Å². The molecule has 5 rings (SSSR count). The quantitative estimate of drug-likeness (QED) is 0.649. The Morgan fingerprint density at radius 3 is 3.00 bits per heavy atom. The number of esters is 1. The lowest BCUT2D eigenvalue weighted by molar-refractivity contribution is -0.139. The molecule has 1 aromatic heterocycles. The van der Waals surface area contributed by atoms with Gasteiger partial charge in [-0.3, -0.25) is 14.9 Å². The van der Waals surface area contributed by atoms with Gasteiger partial charge in [-0.1, -0.05) is 22.0 Å². The lowest BCUT2D eigenvalue weighted by Gasteiger charge is -2.32. The van der Waals surface area contributed by atoms with Gasteiger partial charge < -0.3 is 4.74 Å². The number of amidine groups is 1. The van der Waals surface area contributed by atoms with Crippen molar-refractivity contribution >= 4 is 44.8 Å². The Morgan fingerprint density at radius 2 is 2.29 bits per heavy atom. The molecule has 0 N–H and O–H groups in total. The first kappa shape index (κ1) is 17.7. The minimum absolute atomic E-state index is 0.0836. The molecule has 28 heavy (non-hydrogen) atoms. The van der Waals surface area contributed by atoms with E-state index in [9.17, 15) is 9.18 Å². The van der Waals surface area contributed by atoms with E-state index in [1.54, 1.807) is 19.2 Å². The fourth-order valence-corrected chi connectivity index (χ4v) is 4.82. The summed E-state index contributed by atoms with van der Waals surface area (Å²) in [6.07, 6.45) is 2.22. The predicted octanol–water partition coefficient (Wildman–Crippen LogP) is 3.85. The molecule has 3 aliphatic rings. The van der Waals surface area contributed by atoms with Crippen molar-refractivity contribution in [3.8, 4) is 0 Å². The molecule has 2 atom stereocenters. The van der Waals surface area contributed by atoms with Crippen LogP contribution in [0.25, 0.3) is 0 Å². The highest BCUT2D eigenvalue weighted by Gasteiger charge is 2.51. The number of nitrogens with zero attached hydrogens (tertiary/aromatic N) is 4. The number of rotatable bonds is 4. The minimum atomic E-state index is -0.614. The van der Waals surface area contributed by atoms with Crippen molar-refractivity contribution in [1.82, 2.24) is 9.88 Å². The summed E-state index contributed by atoms with van der Waals surface area (Å²) in [5, 5.41) is 2.64. The van der Waals surface area contributed by atoms with Crippen LogP contribution in [0.2, 0.25) is 0 Å². The molecular weight excluding hydrogens is 447 g/mol. The second-order valence-electron chi connectivity index (χ2n) is 6.48. The maximum atomic E-state index is 13.7. The second kappa shape index (κ2) is 6.59. The van der Waals surface area contributed by atoms with Crippen LogP contribution >= 0.6 is 27.3 Å². The van der Waals surface area contributed by atoms with Crippen LogP contribution in [0.4, 0.5) is 4.39 Å². The molecule has 1 unspecified atom stereocenters. The molecule has 1 aromatic carbocycles. The monoisotopic (exact) mass is 460 g/mol. The van der Waals surface area contributed by atoms with Crippen LogP contribution in [0.5, 0.6) is 0 Å². The predicted molar refractivity (Wildman–Crippen MR) is 107 cm³/mol. The van der Waals surface area contributed by atoms with Gasteiger partial charge in [-0.05, 0) is 24.6 Å². The minimum Gasteiger partial charge on any atom is -0.463 e. The maximum Gasteiger partial charge on any atom is 0.338 e. The van der Waals surface area contributed by atoms with Crippen molar-refractivity contribution in [2.24, 2.45) is 9.98 Å². The third-order valence-corrected chi connectivity index (χ3v) is 6.30. The molecule has 142 valence electrons. The molecule has 1 fully saturated rings. The Kier molecular flexibility index (Phi) is 4.17. The third-order valence-electron chi connectivity index (χ3n) is 4.84. The first-order valence-electron chi connectivity index (χ1n) is 8.77. The zero-order chi connectivity index (χ0) is 19.4. The summed E-state index contributed by atoms with van der Waals surface area (Å²) in [5.41, 5.74) is 3.05. The van der Waals surface area contributed by atoms with Crippen molar-refractivity contribution in [2.75, 3.05) is 6.61 Å². The van der Waals surface area contributed by atoms with Crippen molar-refractivity contribution in [3.63, 3.8) is 0 Å². The Morgan fingerprint density at radius 1 is 1.43 bits per heavy atom. The summed E-state index contributed by atoms with van der Waals surface area (Å²) >= 11 is 4.90. The number of aromatic nitrogens is 1. The van der Waals surface area contributed by atoms with Gasteiger partial charge in [0.2, 0.25) is 0 Å².